The fourth-order valence-electron chi connectivity index (χ4n) is 3.57. The predicted molar refractivity (Wildman–Crippen MR) is 121 cm³/mol. The summed E-state index contributed by atoms with van der Waals surface area (Å²) in [6, 6.07) is 13.2. The molecule has 2 heterocycles. The number of H-pyrrole nitrogens is 1. The van der Waals surface area contributed by atoms with Crippen LogP contribution in [0.25, 0.3) is 10.9 Å². The number of aromatic amines is 1. The highest BCUT2D eigenvalue weighted by Crippen LogP contribution is 2.26. The fraction of sp³-hybridized carbons (Fsp3) is 0.318. The molecule has 1 aliphatic rings. The Kier molecular flexibility index (Phi) is 6.82. The number of benzene rings is 2. The van der Waals surface area contributed by atoms with Gasteiger partial charge < -0.3 is 19.2 Å². The van der Waals surface area contributed by atoms with Crippen LogP contribution in [0.3, 0.4) is 0 Å². The molecule has 0 bridgehead atoms. The average Bonchev–Trinajstić information content (AvgIpc) is 2.79. The van der Waals surface area contributed by atoms with E-state index in [1.165, 1.54) is 16.4 Å². The van der Waals surface area contributed by atoms with E-state index in [0.29, 0.717) is 30.0 Å². The topological polar surface area (TPSA) is 97.9 Å². The molecule has 1 N–H and O–H groups in total. The van der Waals surface area contributed by atoms with Crippen LogP contribution in [-0.2, 0) is 26.0 Å². The van der Waals surface area contributed by atoms with Crippen molar-refractivity contribution in [2.24, 2.45) is 0 Å². The SMILES string of the molecule is COc1ccc2cc(CN(C[C@H]3COCCO3)S(=O)(=O)c3ccccc3Cl)c(=O)[nH]c2c1. The molecule has 0 unspecified atom stereocenters. The van der Waals surface area contributed by atoms with Gasteiger partial charge in [0.05, 0.1) is 43.6 Å². The predicted octanol–water partition coefficient (Wildman–Crippen LogP) is 2.80. The van der Waals surface area contributed by atoms with Gasteiger partial charge >= 0.3 is 0 Å². The van der Waals surface area contributed by atoms with E-state index < -0.39 is 16.1 Å². The van der Waals surface area contributed by atoms with Crippen LogP contribution in [0.4, 0.5) is 0 Å². The zero-order valence-electron chi connectivity index (χ0n) is 17.4. The van der Waals surface area contributed by atoms with Gasteiger partial charge in [-0.25, -0.2) is 8.42 Å². The molecule has 10 heteroatoms. The first-order chi connectivity index (χ1) is 15.4. The Balaban J connectivity index is 1.72. The second kappa shape index (κ2) is 9.60. The van der Waals surface area contributed by atoms with Gasteiger partial charge in [0.15, 0.2) is 0 Å². The Morgan fingerprint density at radius 3 is 2.72 bits per heavy atom. The van der Waals surface area contributed by atoms with Gasteiger partial charge in [-0.3, -0.25) is 4.79 Å². The van der Waals surface area contributed by atoms with Crippen molar-refractivity contribution in [2.45, 2.75) is 17.5 Å². The van der Waals surface area contributed by atoms with Crippen LogP contribution in [0.2, 0.25) is 5.02 Å². The van der Waals surface area contributed by atoms with Gasteiger partial charge in [0.1, 0.15) is 10.6 Å². The maximum atomic E-state index is 13.5. The third-order valence-electron chi connectivity index (χ3n) is 5.22. The minimum absolute atomic E-state index is 0.0215. The highest BCUT2D eigenvalue weighted by Gasteiger charge is 2.31. The molecule has 0 spiro atoms. The Morgan fingerprint density at radius 2 is 2.00 bits per heavy atom. The first-order valence-corrected chi connectivity index (χ1v) is 11.8. The summed E-state index contributed by atoms with van der Waals surface area (Å²) >= 11 is 6.19. The highest BCUT2D eigenvalue weighted by atomic mass is 35.5. The van der Waals surface area contributed by atoms with Gasteiger partial charge in [-0.05, 0) is 35.7 Å². The van der Waals surface area contributed by atoms with Gasteiger partial charge in [-0.2, -0.15) is 4.31 Å². The molecule has 32 heavy (non-hydrogen) atoms. The summed E-state index contributed by atoms with van der Waals surface area (Å²) in [5.41, 5.74) is 0.517. The maximum Gasteiger partial charge on any atom is 0.252 e. The number of methoxy groups -OCH3 is 1. The lowest BCUT2D eigenvalue weighted by atomic mass is 10.1. The molecule has 1 fully saturated rings. The van der Waals surface area contributed by atoms with E-state index >= 15 is 0 Å². The van der Waals surface area contributed by atoms with Gasteiger partial charge in [-0.1, -0.05) is 23.7 Å². The van der Waals surface area contributed by atoms with Gasteiger partial charge in [0, 0.05) is 24.7 Å². The lowest BCUT2D eigenvalue weighted by molar-refractivity contribution is -0.0923. The third kappa shape index (κ3) is 4.82. The Bertz CT molecular complexity index is 1270. The average molecular weight is 479 g/mol. The quantitative estimate of drug-likeness (QED) is 0.560. The molecule has 0 radical (unpaired) electrons. The van der Waals surface area contributed by atoms with Crippen LogP contribution in [0, 0.1) is 0 Å². The highest BCUT2D eigenvalue weighted by molar-refractivity contribution is 7.89. The summed E-state index contributed by atoms with van der Waals surface area (Å²) in [5.74, 6) is 0.610. The van der Waals surface area contributed by atoms with Crippen molar-refractivity contribution in [2.75, 3.05) is 33.5 Å². The lowest BCUT2D eigenvalue weighted by Gasteiger charge is -2.29. The fourth-order valence-corrected chi connectivity index (χ4v) is 5.51. The Hall–Kier alpha value is -2.43. The zero-order valence-corrected chi connectivity index (χ0v) is 19.0. The van der Waals surface area contributed by atoms with E-state index in [-0.39, 0.29) is 35.2 Å². The first kappa shape index (κ1) is 22.8. The van der Waals surface area contributed by atoms with E-state index in [2.05, 4.69) is 4.98 Å². The number of hydrogen-bond donors (Lipinski definition) is 1. The second-order valence-corrected chi connectivity index (χ2v) is 9.69. The van der Waals surface area contributed by atoms with Crippen molar-refractivity contribution in [3.8, 4) is 5.75 Å². The number of aromatic nitrogens is 1. The van der Waals surface area contributed by atoms with E-state index in [0.717, 1.165) is 5.39 Å². The third-order valence-corrected chi connectivity index (χ3v) is 7.53. The number of nitrogens with zero attached hydrogens (tertiary/aromatic N) is 1. The van der Waals surface area contributed by atoms with E-state index in [1.54, 1.807) is 43.5 Å². The molecule has 0 amide bonds. The van der Waals surface area contributed by atoms with Crippen molar-refractivity contribution >= 4 is 32.5 Å². The molecule has 4 rings (SSSR count). The minimum atomic E-state index is -4.02. The van der Waals surface area contributed by atoms with Crippen LogP contribution >= 0.6 is 11.6 Å². The molecule has 1 aliphatic heterocycles. The van der Waals surface area contributed by atoms with Crippen LogP contribution < -0.4 is 10.3 Å². The van der Waals surface area contributed by atoms with Crippen LogP contribution in [-0.4, -0.2) is 57.3 Å². The van der Waals surface area contributed by atoms with Gasteiger partial charge in [0.2, 0.25) is 10.0 Å². The molecular formula is C22H23ClN2O6S. The molecule has 1 aromatic heterocycles. The van der Waals surface area contributed by atoms with Crippen molar-refractivity contribution in [1.29, 1.82) is 0 Å². The largest absolute Gasteiger partial charge is 0.497 e. The number of hydrogen-bond acceptors (Lipinski definition) is 6. The summed E-state index contributed by atoms with van der Waals surface area (Å²) in [6.45, 7) is 0.978. The molecule has 1 saturated heterocycles. The molecule has 170 valence electrons. The van der Waals surface area contributed by atoms with Crippen molar-refractivity contribution in [1.82, 2.24) is 9.29 Å². The van der Waals surface area contributed by atoms with Gasteiger partial charge in [0.25, 0.3) is 5.56 Å². The molecule has 3 aromatic rings. The minimum Gasteiger partial charge on any atom is -0.497 e. The first-order valence-electron chi connectivity index (χ1n) is 10.0. The van der Waals surface area contributed by atoms with Crippen LogP contribution in [0.5, 0.6) is 5.75 Å². The standard InChI is InChI=1S/C22H23ClN2O6S/c1-29-17-7-6-15-10-16(22(26)24-20(15)11-17)12-25(13-18-14-30-8-9-31-18)32(27,28)21-5-3-2-4-19(21)23/h2-7,10-11,18H,8-9,12-14H2,1H3,(H,24,26)/t18-/m0/s1. The molecular weight excluding hydrogens is 456 g/mol. The summed E-state index contributed by atoms with van der Waals surface area (Å²) < 4.78 is 44.5. The Labute approximate surface area is 190 Å². The maximum absolute atomic E-state index is 13.5. The van der Waals surface area contributed by atoms with E-state index in [4.69, 9.17) is 25.8 Å². The molecule has 8 nitrogen and oxygen atoms in total. The second-order valence-electron chi connectivity index (χ2n) is 7.37. The van der Waals surface area contributed by atoms with Gasteiger partial charge in [-0.15, -0.1) is 0 Å². The zero-order chi connectivity index (χ0) is 22.7. The van der Waals surface area contributed by atoms with Crippen LogP contribution in [0.1, 0.15) is 5.56 Å². The number of pyridine rings is 1. The lowest BCUT2D eigenvalue weighted by Crippen LogP contribution is -2.43. The molecule has 2 aromatic carbocycles. The number of ether oxygens (including phenoxy) is 3. The van der Waals surface area contributed by atoms with Crippen molar-refractivity contribution < 1.29 is 22.6 Å². The smallest absolute Gasteiger partial charge is 0.252 e. The summed E-state index contributed by atoms with van der Waals surface area (Å²) in [5, 5.41) is 0.866. The summed E-state index contributed by atoms with van der Waals surface area (Å²) in [4.78, 5) is 15.6. The summed E-state index contributed by atoms with van der Waals surface area (Å²) in [6.07, 6.45) is -0.454. The Morgan fingerprint density at radius 1 is 1.19 bits per heavy atom. The summed E-state index contributed by atoms with van der Waals surface area (Å²) in [7, 11) is -2.47. The normalized spacial score (nSPS) is 17.0. The number of nitrogens with one attached hydrogen (secondary N) is 1. The number of sulfonamides is 1. The van der Waals surface area contributed by atoms with Crippen molar-refractivity contribution in [3.63, 3.8) is 0 Å². The number of fused-ring (bicyclic) bond motifs is 1. The van der Waals surface area contributed by atoms with Crippen LogP contribution in [0.15, 0.2) is 58.2 Å². The monoisotopic (exact) mass is 478 g/mol. The number of halogens is 1. The molecule has 0 aliphatic carbocycles. The van der Waals surface area contributed by atoms with Crippen molar-refractivity contribution in [3.05, 3.63) is 69.5 Å². The van der Waals surface area contributed by atoms with E-state index in [9.17, 15) is 13.2 Å². The molecule has 1 atom stereocenters. The van der Waals surface area contributed by atoms with E-state index in [1.807, 2.05) is 0 Å². The molecule has 0 saturated carbocycles. The number of rotatable bonds is 7.